The number of hydrogen-bond acceptors (Lipinski definition) is 1. The third kappa shape index (κ3) is 0.122. The predicted molar refractivity (Wildman–Crippen MR) is 28.7 cm³/mol. The maximum absolute atomic E-state index is 4.84. The summed E-state index contributed by atoms with van der Waals surface area (Å²) < 4.78 is 0. The van der Waals surface area contributed by atoms with Gasteiger partial charge in [-0.2, -0.15) is 0 Å². The van der Waals surface area contributed by atoms with Crippen LogP contribution in [0.3, 0.4) is 0 Å². The summed E-state index contributed by atoms with van der Waals surface area (Å²) in [5.74, 6) is 1.44. The molecule has 0 aliphatic heterocycles. The number of hydrogen-bond donors (Lipinski definition) is 0. The van der Waals surface area contributed by atoms with Crippen LogP contribution in [0.15, 0.2) is 12.2 Å². The Bertz CT molecular complexity index is 116. The van der Waals surface area contributed by atoms with Crippen LogP contribution >= 0.6 is 12.2 Å². The third-order valence-corrected chi connectivity index (χ3v) is 2.03. The minimum atomic E-state index is 0.722. The van der Waals surface area contributed by atoms with E-state index in [1.54, 1.807) is 0 Å². The van der Waals surface area contributed by atoms with Crippen LogP contribution in [0, 0.1) is 11.8 Å². The lowest BCUT2D eigenvalue weighted by Crippen LogP contribution is -1.77. The molecule has 0 N–H and O–H groups in total. The van der Waals surface area contributed by atoms with Crippen LogP contribution in [0.2, 0.25) is 0 Å². The van der Waals surface area contributed by atoms with Gasteiger partial charge >= 0.3 is 0 Å². The van der Waals surface area contributed by atoms with E-state index in [4.69, 9.17) is 12.2 Å². The van der Waals surface area contributed by atoms with Crippen LogP contribution in [0.25, 0.3) is 0 Å². The Kier molecular flexibility index (Phi) is 0.246. The van der Waals surface area contributed by atoms with Crippen LogP contribution in [-0.4, -0.2) is 4.86 Å². The van der Waals surface area contributed by atoms with E-state index in [0.717, 1.165) is 11.8 Å². The van der Waals surface area contributed by atoms with E-state index >= 15 is 0 Å². The molecule has 0 aromatic carbocycles. The zero-order valence-electron chi connectivity index (χ0n) is 3.27. The zero-order valence-corrected chi connectivity index (χ0v) is 4.09. The van der Waals surface area contributed by atoms with Gasteiger partial charge in [0.1, 0.15) is 0 Å². The summed E-state index contributed by atoms with van der Waals surface area (Å²) in [4.78, 5) is 1.25. The molecule has 2 rings (SSSR count). The van der Waals surface area contributed by atoms with E-state index < -0.39 is 0 Å². The molecule has 2 saturated carbocycles. The minimum absolute atomic E-state index is 0.722. The van der Waals surface area contributed by atoms with Crippen molar-refractivity contribution in [1.29, 1.82) is 0 Å². The number of rotatable bonds is 0. The zero-order chi connectivity index (χ0) is 4.31. The van der Waals surface area contributed by atoms with E-state index in [1.807, 2.05) is 0 Å². The average Bonchev–Trinajstić information content (AvgIpc) is 2.28. The number of allylic oxidation sites excluding steroid dienone is 1. The van der Waals surface area contributed by atoms with Gasteiger partial charge < -0.3 is 0 Å². The van der Waals surface area contributed by atoms with Crippen molar-refractivity contribution >= 4 is 17.1 Å². The maximum Gasteiger partial charge on any atom is 0.0234 e. The molecule has 0 amide bonds. The minimum Gasteiger partial charge on any atom is -0.0985 e. The fourth-order valence-corrected chi connectivity index (χ4v) is 1.33. The van der Waals surface area contributed by atoms with Crippen LogP contribution in [0.5, 0.6) is 0 Å². The molecule has 0 saturated heterocycles. The molecular formula is C5H4S. The van der Waals surface area contributed by atoms with Gasteiger partial charge in [0.05, 0.1) is 0 Å². The van der Waals surface area contributed by atoms with Gasteiger partial charge in [-0.15, -0.1) is 0 Å². The standard InChI is InChI=1S/C5H4S/c1-2-3-4(2)5(3)6/h3-4H,1H2. The van der Waals surface area contributed by atoms with Crippen molar-refractivity contribution in [2.24, 2.45) is 11.8 Å². The van der Waals surface area contributed by atoms with Gasteiger partial charge in [-0.3, -0.25) is 0 Å². The smallest absolute Gasteiger partial charge is 0.0234 e. The fourth-order valence-electron chi connectivity index (χ4n) is 0.824. The predicted octanol–water partition coefficient (Wildman–Crippen LogP) is 1.17. The molecule has 30 valence electrons. The Hall–Kier alpha value is -0.170. The molecule has 1 heteroatoms. The highest BCUT2D eigenvalue weighted by Crippen LogP contribution is 2.63. The van der Waals surface area contributed by atoms with Crippen LogP contribution in [0.1, 0.15) is 0 Å². The molecule has 0 spiro atoms. The van der Waals surface area contributed by atoms with Crippen molar-refractivity contribution < 1.29 is 0 Å². The first-order chi connectivity index (χ1) is 2.82. The highest BCUT2D eigenvalue weighted by Gasteiger charge is 2.64. The Morgan fingerprint density at radius 2 is 2.00 bits per heavy atom. The molecule has 0 aromatic rings. The molecule has 2 atom stereocenters. The first-order valence-corrected chi connectivity index (χ1v) is 2.45. The third-order valence-electron chi connectivity index (χ3n) is 1.53. The average molecular weight is 96.2 g/mol. The first-order valence-electron chi connectivity index (χ1n) is 2.05. The van der Waals surface area contributed by atoms with Gasteiger partial charge in [0.2, 0.25) is 0 Å². The molecule has 0 radical (unpaired) electrons. The topological polar surface area (TPSA) is 0 Å². The molecule has 6 heavy (non-hydrogen) atoms. The van der Waals surface area contributed by atoms with E-state index in [1.165, 1.54) is 10.4 Å². The van der Waals surface area contributed by atoms with Crippen molar-refractivity contribution in [1.82, 2.24) is 0 Å². The summed E-state index contributed by atoms with van der Waals surface area (Å²) in [6.07, 6.45) is 0. The number of fused-ring (bicyclic) bond motifs is 1. The second kappa shape index (κ2) is 0.506. The Morgan fingerprint density at radius 1 is 1.50 bits per heavy atom. The molecule has 0 heterocycles. The molecule has 2 aliphatic rings. The van der Waals surface area contributed by atoms with Gasteiger partial charge in [0, 0.05) is 16.7 Å². The highest BCUT2D eigenvalue weighted by molar-refractivity contribution is 7.81. The molecule has 2 unspecified atom stereocenters. The molecule has 0 aromatic heterocycles. The quantitative estimate of drug-likeness (QED) is 0.322. The highest BCUT2D eigenvalue weighted by atomic mass is 32.1. The molecule has 0 bridgehead atoms. The summed E-state index contributed by atoms with van der Waals surface area (Å²) in [6, 6.07) is 0. The Morgan fingerprint density at radius 3 is 2.00 bits per heavy atom. The first kappa shape index (κ1) is 2.92. The molecule has 2 aliphatic carbocycles. The van der Waals surface area contributed by atoms with E-state index in [0.29, 0.717) is 0 Å². The largest absolute Gasteiger partial charge is 0.0985 e. The van der Waals surface area contributed by atoms with E-state index in [-0.39, 0.29) is 0 Å². The van der Waals surface area contributed by atoms with Gasteiger partial charge in [-0.1, -0.05) is 24.4 Å². The van der Waals surface area contributed by atoms with Gasteiger partial charge in [-0.05, 0) is 0 Å². The fraction of sp³-hybridized carbons (Fsp3) is 0.400. The van der Waals surface area contributed by atoms with Gasteiger partial charge in [0.25, 0.3) is 0 Å². The summed E-state index contributed by atoms with van der Waals surface area (Å²) in [7, 11) is 0. The molecule has 2 fully saturated rings. The Balaban J connectivity index is 2.42. The van der Waals surface area contributed by atoms with E-state index in [2.05, 4.69) is 6.58 Å². The van der Waals surface area contributed by atoms with Crippen molar-refractivity contribution in [2.45, 2.75) is 0 Å². The lowest BCUT2D eigenvalue weighted by atomic mass is 10.3. The van der Waals surface area contributed by atoms with Gasteiger partial charge in [-0.25, -0.2) is 0 Å². The summed E-state index contributed by atoms with van der Waals surface area (Å²) in [5.41, 5.74) is 1.38. The lowest BCUT2D eigenvalue weighted by Gasteiger charge is -1.76. The summed E-state index contributed by atoms with van der Waals surface area (Å²) in [6.45, 7) is 3.76. The normalized spacial score (nSPS) is 48.7. The van der Waals surface area contributed by atoms with Crippen molar-refractivity contribution in [3.8, 4) is 0 Å². The number of thiocarbonyl (C=S) groups is 1. The van der Waals surface area contributed by atoms with Crippen LogP contribution in [0.4, 0.5) is 0 Å². The summed E-state index contributed by atoms with van der Waals surface area (Å²) in [5, 5.41) is 0. The van der Waals surface area contributed by atoms with Crippen LogP contribution in [-0.2, 0) is 0 Å². The van der Waals surface area contributed by atoms with Crippen molar-refractivity contribution in [2.75, 3.05) is 0 Å². The SMILES string of the molecule is C=C1C2C(=S)C12. The second-order valence-electron chi connectivity index (χ2n) is 1.93. The summed E-state index contributed by atoms with van der Waals surface area (Å²) >= 11 is 4.84. The van der Waals surface area contributed by atoms with Crippen molar-refractivity contribution in [3.63, 3.8) is 0 Å². The van der Waals surface area contributed by atoms with Gasteiger partial charge in [0.15, 0.2) is 0 Å². The van der Waals surface area contributed by atoms with E-state index in [9.17, 15) is 0 Å². The van der Waals surface area contributed by atoms with Crippen molar-refractivity contribution in [3.05, 3.63) is 12.2 Å². The molecular weight excluding hydrogens is 92.1 g/mol. The molecule has 0 nitrogen and oxygen atoms in total. The Labute approximate surface area is 41.9 Å². The maximum atomic E-state index is 4.84. The monoisotopic (exact) mass is 96.0 g/mol. The van der Waals surface area contributed by atoms with Crippen LogP contribution < -0.4 is 0 Å². The lowest BCUT2D eigenvalue weighted by molar-refractivity contribution is 1.43. The second-order valence-corrected chi connectivity index (χ2v) is 2.40.